The van der Waals surface area contributed by atoms with Crippen LogP contribution in [0.25, 0.3) is 0 Å². The van der Waals surface area contributed by atoms with Crippen molar-refractivity contribution in [2.24, 2.45) is 11.8 Å². The Balaban J connectivity index is 4.15. The molecule has 2 atom stereocenters. The molecule has 6 heteroatoms. The van der Waals surface area contributed by atoms with Gasteiger partial charge in [-0.2, -0.15) is 0 Å². The summed E-state index contributed by atoms with van der Waals surface area (Å²) in [6.07, 6.45) is 55.3. The molecule has 0 aromatic rings. The summed E-state index contributed by atoms with van der Waals surface area (Å²) in [6, 6.07) is 0. The minimum atomic E-state index is -0.761. The van der Waals surface area contributed by atoms with E-state index in [9.17, 15) is 14.4 Å². The molecular formula is C59H114O6. The van der Waals surface area contributed by atoms with Crippen molar-refractivity contribution in [1.29, 1.82) is 0 Å². The summed E-state index contributed by atoms with van der Waals surface area (Å²) < 4.78 is 16.8. The first-order valence-corrected chi connectivity index (χ1v) is 29.3. The van der Waals surface area contributed by atoms with Gasteiger partial charge in [-0.05, 0) is 31.1 Å². The molecule has 0 saturated carbocycles. The molecule has 0 aromatic carbocycles. The summed E-state index contributed by atoms with van der Waals surface area (Å²) >= 11 is 0. The molecular weight excluding hydrogens is 805 g/mol. The Bertz CT molecular complexity index is 995. The van der Waals surface area contributed by atoms with Crippen LogP contribution in [0.5, 0.6) is 0 Å². The number of hydrogen-bond acceptors (Lipinski definition) is 6. The highest BCUT2D eigenvalue weighted by atomic mass is 16.6. The molecule has 0 fully saturated rings. The predicted molar refractivity (Wildman–Crippen MR) is 280 cm³/mol. The third-order valence-corrected chi connectivity index (χ3v) is 13.8. The molecule has 386 valence electrons. The van der Waals surface area contributed by atoms with Crippen LogP contribution >= 0.6 is 0 Å². The molecule has 0 aliphatic rings. The standard InChI is InChI=1S/C59H114O6/c1-6-8-9-10-11-27-36-41-46-51-59(62)65-56(53-64-58(61)50-45-40-35-31-26-22-18-19-23-28-32-37-42-47-54(3)4)52-63-57(60)49-44-39-34-30-25-21-17-15-13-12-14-16-20-24-29-33-38-43-48-55(5)7-2/h54-56H,6-53H2,1-5H3/t55?,56-/m1/s1. The number of carbonyl (C=O) groups excluding carboxylic acids is 3. The van der Waals surface area contributed by atoms with Crippen LogP contribution in [0.3, 0.4) is 0 Å². The van der Waals surface area contributed by atoms with E-state index in [1.807, 2.05) is 0 Å². The lowest BCUT2D eigenvalue weighted by Crippen LogP contribution is -2.30. The van der Waals surface area contributed by atoms with Gasteiger partial charge >= 0.3 is 17.9 Å². The second kappa shape index (κ2) is 51.8. The molecule has 0 rings (SSSR count). The van der Waals surface area contributed by atoms with E-state index in [0.29, 0.717) is 19.3 Å². The van der Waals surface area contributed by atoms with Crippen molar-refractivity contribution in [1.82, 2.24) is 0 Å². The molecule has 6 nitrogen and oxygen atoms in total. The lowest BCUT2D eigenvalue weighted by atomic mass is 9.99. The van der Waals surface area contributed by atoms with Gasteiger partial charge in [0.25, 0.3) is 0 Å². The van der Waals surface area contributed by atoms with Gasteiger partial charge in [0.05, 0.1) is 0 Å². The van der Waals surface area contributed by atoms with Crippen molar-refractivity contribution in [3.8, 4) is 0 Å². The van der Waals surface area contributed by atoms with Gasteiger partial charge in [0.15, 0.2) is 6.10 Å². The molecule has 65 heavy (non-hydrogen) atoms. The van der Waals surface area contributed by atoms with Gasteiger partial charge < -0.3 is 14.2 Å². The van der Waals surface area contributed by atoms with Crippen LogP contribution in [-0.4, -0.2) is 37.2 Å². The Morgan fingerprint density at radius 1 is 0.323 bits per heavy atom. The average molecular weight is 920 g/mol. The van der Waals surface area contributed by atoms with Crippen molar-refractivity contribution in [3.63, 3.8) is 0 Å². The first kappa shape index (κ1) is 63.4. The molecule has 0 amide bonds. The summed E-state index contributed by atoms with van der Waals surface area (Å²) in [4.78, 5) is 38.0. The van der Waals surface area contributed by atoms with Crippen LogP contribution in [0.15, 0.2) is 0 Å². The van der Waals surface area contributed by atoms with Gasteiger partial charge in [0, 0.05) is 19.3 Å². The Labute approximate surface area is 406 Å². The normalized spacial score (nSPS) is 12.5. The third-order valence-electron chi connectivity index (χ3n) is 13.8. The molecule has 0 saturated heterocycles. The highest BCUT2D eigenvalue weighted by molar-refractivity contribution is 5.71. The predicted octanol–water partition coefficient (Wildman–Crippen LogP) is 19.3. The molecule has 0 N–H and O–H groups in total. The number of esters is 3. The molecule has 0 heterocycles. The van der Waals surface area contributed by atoms with Crippen molar-refractivity contribution in [3.05, 3.63) is 0 Å². The van der Waals surface area contributed by atoms with Gasteiger partial charge in [-0.1, -0.05) is 291 Å². The molecule has 1 unspecified atom stereocenters. The maximum atomic E-state index is 12.8. The monoisotopic (exact) mass is 919 g/mol. The lowest BCUT2D eigenvalue weighted by Gasteiger charge is -2.18. The van der Waals surface area contributed by atoms with Crippen LogP contribution in [0, 0.1) is 11.8 Å². The average Bonchev–Trinajstić information content (AvgIpc) is 3.29. The number of hydrogen-bond donors (Lipinski definition) is 0. The van der Waals surface area contributed by atoms with Gasteiger partial charge in [0.2, 0.25) is 0 Å². The van der Waals surface area contributed by atoms with Crippen LogP contribution in [0.2, 0.25) is 0 Å². The quantitative estimate of drug-likeness (QED) is 0.0344. The number of ether oxygens (including phenoxy) is 3. The lowest BCUT2D eigenvalue weighted by molar-refractivity contribution is -0.167. The minimum Gasteiger partial charge on any atom is -0.462 e. The van der Waals surface area contributed by atoms with E-state index >= 15 is 0 Å². The molecule has 0 aliphatic carbocycles. The Hall–Kier alpha value is -1.59. The Kier molecular flexibility index (Phi) is 50.5. The maximum absolute atomic E-state index is 12.8. The summed E-state index contributed by atoms with van der Waals surface area (Å²) in [5, 5.41) is 0. The fraction of sp³-hybridized carbons (Fsp3) is 0.949. The fourth-order valence-corrected chi connectivity index (χ4v) is 9.02. The number of carbonyl (C=O) groups is 3. The summed E-state index contributed by atoms with van der Waals surface area (Å²) in [5.41, 5.74) is 0. The van der Waals surface area contributed by atoms with Crippen LogP contribution in [0.1, 0.15) is 330 Å². The smallest absolute Gasteiger partial charge is 0.306 e. The molecule has 0 bridgehead atoms. The van der Waals surface area contributed by atoms with Gasteiger partial charge in [0.1, 0.15) is 13.2 Å². The topological polar surface area (TPSA) is 78.9 Å². The Morgan fingerprint density at radius 2 is 0.585 bits per heavy atom. The minimum absolute atomic E-state index is 0.0628. The SMILES string of the molecule is CCCCCCCCCCCC(=O)O[C@H](COC(=O)CCCCCCCCCCCCCCCCCCCCC(C)CC)COC(=O)CCCCCCCCCCCCCCCC(C)C. The summed E-state index contributed by atoms with van der Waals surface area (Å²) in [6.45, 7) is 11.4. The van der Waals surface area contributed by atoms with Gasteiger partial charge in [-0.3, -0.25) is 14.4 Å². The maximum Gasteiger partial charge on any atom is 0.306 e. The zero-order valence-electron chi connectivity index (χ0n) is 44.6. The van der Waals surface area contributed by atoms with Crippen molar-refractivity contribution in [2.75, 3.05) is 13.2 Å². The van der Waals surface area contributed by atoms with Gasteiger partial charge in [-0.25, -0.2) is 0 Å². The summed E-state index contributed by atoms with van der Waals surface area (Å²) in [5.74, 6) is 0.907. The molecule has 0 spiro atoms. The van der Waals surface area contributed by atoms with E-state index in [4.69, 9.17) is 14.2 Å². The van der Waals surface area contributed by atoms with Crippen LogP contribution in [-0.2, 0) is 28.6 Å². The van der Waals surface area contributed by atoms with E-state index in [1.165, 1.54) is 218 Å². The van der Waals surface area contributed by atoms with Crippen molar-refractivity contribution in [2.45, 2.75) is 336 Å². The zero-order valence-corrected chi connectivity index (χ0v) is 44.6. The highest BCUT2D eigenvalue weighted by Gasteiger charge is 2.19. The van der Waals surface area contributed by atoms with E-state index in [1.54, 1.807) is 0 Å². The zero-order chi connectivity index (χ0) is 47.5. The van der Waals surface area contributed by atoms with E-state index < -0.39 is 6.10 Å². The van der Waals surface area contributed by atoms with Crippen LogP contribution < -0.4 is 0 Å². The molecule has 0 aliphatic heterocycles. The first-order valence-electron chi connectivity index (χ1n) is 29.3. The summed E-state index contributed by atoms with van der Waals surface area (Å²) in [7, 11) is 0. The van der Waals surface area contributed by atoms with E-state index in [2.05, 4.69) is 34.6 Å². The second-order valence-corrected chi connectivity index (χ2v) is 21.0. The van der Waals surface area contributed by atoms with E-state index in [0.717, 1.165) is 69.6 Å². The number of unbranched alkanes of at least 4 members (excludes halogenated alkanes) is 37. The largest absolute Gasteiger partial charge is 0.462 e. The van der Waals surface area contributed by atoms with Gasteiger partial charge in [-0.15, -0.1) is 0 Å². The van der Waals surface area contributed by atoms with Crippen molar-refractivity contribution >= 4 is 17.9 Å². The number of rotatable bonds is 53. The van der Waals surface area contributed by atoms with E-state index in [-0.39, 0.29) is 31.1 Å². The van der Waals surface area contributed by atoms with Crippen LogP contribution in [0.4, 0.5) is 0 Å². The molecule has 0 aromatic heterocycles. The van der Waals surface area contributed by atoms with Crippen molar-refractivity contribution < 1.29 is 28.6 Å². The molecule has 0 radical (unpaired) electrons. The fourth-order valence-electron chi connectivity index (χ4n) is 9.02. The highest BCUT2D eigenvalue weighted by Crippen LogP contribution is 2.19. The second-order valence-electron chi connectivity index (χ2n) is 21.0. The first-order chi connectivity index (χ1) is 31.8. The Morgan fingerprint density at radius 3 is 0.877 bits per heavy atom. The third kappa shape index (κ3) is 51.6.